The van der Waals surface area contributed by atoms with Gasteiger partial charge in [0.25, 0.3) is 5.91 Å². The Labute approximate surface area is 129 Å². The first kappa shape index (κ1) is 12.9. The van der Waals surface area contributed by atoms with Gasteiger partial charge in [-0.15, -0.1) is 11.3 Å². The van der Waals surface area contributed by atoms with E-state index in [1.807, 2.05) is 27.5 Å². The zero-order valence-electron chi connectivity index (χ0n) is 10.1. The van der Waals surface area contributed by atoms with Gasteiger partial charge in [-0.1, -0.05) is 0 Å². The van der Waals surface area contributed by atoms with Gasteiger partial charge in [-0.25, -0.2) is 0 Å². The summed E-state index contributed by atoms with van der Waals surface area (Å²) in [7, 11) is 0. The molecule has 0 saturated carbocycles. The second-order valence-electron chi connectivity index (χ2n) is 4.51. The molecule has 1 N–H and O–H groups in total. The number of hydrogen-bond donors (Lipinski definition) is 1. The molecule has 0 spiro atoms. The quantitative estimate of drug-likeness (QED) is 0.766. The van der Waals surface area contributed by atoms with Crippen molar-refractivity contribution in [2.45, 2.75) is 13.0 Å². The Morgan fingerprint density at radius 3 is 3.00 bits per heavy atom. The number of hydrogen-bond acceptors (Lipinski definition) is 3. The van der Waals surface area contributed by atoms with E-state index in [-0.39, 0.29) is 11.7 Å². The van der Waals surface area contributed by atoms with Crippen molar-refractivity contribution in [1.82, 2.24) is 4.90 Å². The highest BCUT2D eigenvalue weighted by atomic mass is 127. The Morgan fingerprint density at radius 2 is 2.21 bits per heavy atom. The van der Waals surface area contributed by atoms with E-state index in [4.69, 9.17) is 0 Å². The molecule has 0 fully saturated rings. The summed E-state index contributed by atoms with van der Waals surface area (Å²) in [5, 5.41) is 11.8. The fraction of sp³-hybridized carbons (Fsp3) is 0.214. The van der Waals surface area contributed by atoms with Crippen molar-refractivity contribution in [2.75, 3.05) is 6.54 Å². The molecule has 2 aromatic rings. The maximum absolute atomic E-state index is 12.4. The zero-order chi connectivity index (χ0) is 13.4. The minimum Gasteiger partial charge on any atom is -0.507 e. The maximum Gasteiger partial charge on any atom is 0.254 e. The number of nitrogens with zero attached hydrogens (tertiary/aromatic N) is 1. The van der Waals surface area contributed by atoms with Gasteiger partial charge in [0, 0.05) is 23.5 Å². The molecule has 1 aromatic heterocycles. The van der Waals surface area contributed by atoms with Crippen molar-refractivity contribution in [3.8, 4) is 5.75 Å². The average Bonchev–Trinajstić information content (AvgIpc) is 2.88. The lowest BCUT2D eigenvalue weighted by Crippen LogP contribution is -2.35. The molecule has 0 saturated heterocycles. The van der Waals surface area contributed by atoms with E-state index in [1.165, 1.54) is 10.4 Å². The molecular weight excluding hydrogens is 373 g/mol. The van der Waals surface area contributed by atoms with Crippen molar-refractivity contribution in [2.24, 2.45) is 0 Å². The fourth-order valence-electron chi connectivity index (χ4n) is 2.25. The van der Waals surface area contributed by atoms with Crippen LogP contribution in [0.1, 0.15) is 20.8 Å². The van der Waals surface area contributed by atoms with E-state index in [2.05, 4.69) is 11.4 Å². The third-order valence-corrected chi connectivity index (χ3v) is 5.22. The van der Waals surface area contributed by atoms with Gasteiger partial charge >= 0.3 is 0 Å². The predicted molar refractivity (Wildman–Crippen MR) is 83.6 cm³/mol. The Morgan fingerprint density at radius 1 is 1.37 bits per heavy atom. The molecule has 0 unspecified atom stereocenters. The van der Waals surface area contributed by atoms with Gasteiger partial charge in [0.15, 0.2) is 0 Å². The lowest BCUT2D eigenvalue weighted by atomic mass is 10.1. The largest absolute Gasteiger partial charge is 0.507 e. The number of rotatable bonds is 1. The molecule has 19 heavy (non-hydrogen) atoms. The van der Waals surface area contributed by atoms with E-state index in [1.54, 1.807) is 29.5 Å². The number of aromatic hydroxyl groups is 1. The molecule has 98 valence electrons. The molecule has 0 bridgehead atoms. The van der Waals surface area contributed by atoms with Crippen LogP contribution in [0.3, 0.4) is 0 Å². The van der Waals surface area contributed by atoms with Crippen LogP contribution in [-0.2, 0) is 13.0 Å². The van der Waals surface area contributed by atoms with Gasteiger partial charge in [-0.2, -0.15) is 0 Å². The lowest BCUT2D eigenvalue weighted by Gasteiger charge is -2.27. The van der Waals surface area contributed by atoms with Crippen LogP contribution in [0.4, 0.5) is 0 Å². The van der Waals surface area contributed by atoms with Crippen molar-refractivity contribution in [1.29, 1.82) is 0 Å². The van der Waals surface area contributed by atoms with Gasteiger partial charge < -0.3 is 10.0 Å². The topological polar surface area (TPSA) is 40.5 Å². The van der Waals surface area contributed by atoms with Crippen LogP contribution in [0.15, 0.2) is 29.6 Å². The SMILES string of the molecule is O=C(c1ccc(I)c(O)c1)N1CCc2sccc2C1. The van der Waals surface area contributed by atoms with Gasteiger partial charge in [-0.3, -0.25) is 4.79 Å². The minimum absolute atomic E-state index is 0.0106. The van der Waals surface area contributed by atoms with Gasteiger partial charge in [0.1, 0.15) is 5.75 Å². The highest BCUT2D eigenvalue weighted by molar-refractivity contribution is 14.1. The van der Waals surface area contributed by atoms with Crippen molar-refractivity contribution >= 4 is 39.8 Å². The predicted octanol–water partition coefficient (Wildman–Crippen LogP) is 3.26. The Hall–Kier alpha value is -1.08. The average molecular weight is 385 g/mol. The number of thiophene rings is 1. The number of phenols is 1. The highest BCUT2D eigenvalue weighted by Crippen LogP contribution is 2.26. The van der Waals surface area contributed by atoms with Crippen molar-refractivity contribution in [3.63, 3.8) is 0 Å². The maximum atomic E-state index is 12.4. The molecule has 3 nitrogen and oxygen atoms in total. The van der Waals surface area contributed by atoms with E-state index < -0.39 is 0 Å². The summed E-state index contributed by atoms with van der Waals surface area (Å²) < 4.78 is 0.757. The molecule has 0 atom stereocenters. The van der Waals surface area contributed by atoms with Gasteiger partial charge in [-0.05, 0) is 64.2 Å². The van der Waals surface area contributed by atoms with Crippen LogP contribution in [0.2, 0.25) is 0 Å². The molecule has 1 aromatic carbocycles. The van der Waals surface area contributed by atoms with Crippen LogP contribution in [0.5, 0.6) is 5.75 Å². The van der Waals surface area contributed by atoms with E-state index in [0.717, 1.165) is 16.5 Å². The van der Waals surface area contributed by atoms with E-state index in [0.29, 0.717) is 12.1 Å². The van der Waals surface area contributed by atoms with Crippen molar-refractivity contribution in [3.05, 3.63) is 49.2 Å². The standard InChI is InChI=1S/C14H12INO2S/c15-11-2-1-9(7-12(11)17)14(18)16-5-3-13-10(8-16)4-6-19-13/h1-2,4,6-7,17H,3,5,8H2. The summed E-state index contributed by atoms with van der Waals surface area (Å²) in [4.78, 5) is 15.6. The number of fused-ring (bicyclic) bond motifs is 1. The van der Waals surface area contributed by atoms with Gasteiger partial charge in [0.05, 0.1) is 3.57 Å². The Kier molecular flexibility index (Phi) is 3.49. The van der Waals surface area contributed by atoms with Gasteiger partial charge in [0.2, 0.25) is 0 Å². The van der Waals surface area contributed by atoms with Crippen LogP contribution in [0.25, 0.3) is 0 Å². The van der Waals surface area contributed by atoms with Crippen LogP contribution in [-0.4, -0.2) is 22.5 Å². The number of halogens is 1. The molecule has 0 aliphatic carbocycles. The number of benzene rings is 1. The van der Waals surface area contributed by atoms with Crippen LogP contribution in [0, 0.1) is 3.57 Å². The summed E-state index contributed by atoms with van der Waals surface area (Å²) in [5.74, 6) is 0.156. The van der Waals surface area contributed by atoms with E-state index in [9.17, 15) is 9.90 Å². The van der Waals surface area contributed by atoms with Crippen LogP contribution >= 0.6 is 33.9 Å². The van der Waals surface area contributed by atoms with Crippen molar-refractivity contribution < 1.29 is 9.90 Å². The molecule has 1 amide bonds. The third kappa shape index (κ3) is 2.49. The monoisotopic (exact) mass is 385 g/mol. The Balaban J connectivity index is 1.83. The molecular formula is C14H12INO2S. The highest BCUT2D eigenvalue weighted by Gasteiger charge is 2.22. The molecule has 1 aliphatic heterocycles. The second kappa shape index (κ2) is 5.13. The lowest BCUT2D eigenvalue weighted by molar-refractivity contribution is 0.0735. The number of phenolic OH excluding ortho intramolecular Hbond substituents is 1. The number of amides is 1. The molecule has 3 rings (SSSR count). The van der Waals surface area contributed by atoms with Crippen LogP contribution < -0.4 is 0 Å². The fourth-order valence-corrected chi connectivity index (χ4v) is 3.48. The zero-order valence-corrected chi connectivity index (χ0v) is 13.1. The number of carbonyl (C=O) groups is 1. The molecule has 5 heteroatoms. The normalized spacial score (nSPS) is 14.3. The molecule has 0 radical (unpaired) electrons. The number of carbonyl (C=O) groups excluding carboxylic acids is 1. The summed E-state index contributed by atoms with van der Waals surface area (Å²) >= 11 is 3.81. The molecule has 2 heterocycles. The summed E-state index contributed by atoms with van der Waals surface area (Å²) in [6.45, 7) is 1.42. The summed E-state index contributed by atoms with van der Waals surface area (Å²) in [6.07, 6.45) is 0.926. The van der Waals surface area contributed by atoms with E-state index >= 15 is 0 Å². The minimum atomic E-state index is -0.0106. The third-order valence-electron chi connectivity index (χ3n) is 3.29. The summed E-state index contributed by atoms with van der Waals surface area (Å²) in [6, 6.07) is 7.17. The first-order valence-corrected chi connectivity index (χ1v) is 7.94. The smallest absolute Gasteiger partial charge is 0.254 e. The second-order valence-corrected chi connectivity index (χ2v) is 6.67. The molecule has 1 aliphatic rings. The summed E-state index contributed by atoms with van der Waals surface area (Å²) in [5.41, 5.74) is 1.80. The Bertz CT molecular complexity index is 638. The first-order chi connectivity index (χ1) is 9.15. The first-order valence-electron chi connectivity index (χ1n) is 5.98.